The van der Waals surface area contributed by atoms with E-state index < -0.39 is 0 Å². The molecule has 6 heteroatoms. The maximum atomic E-state index is 13.6. The van der Waals surface area contributed by atoms with Crippen LogP contribution in [-0.2, 0) is 21.9 Å². The van der Waals surface area contributed by atoms with E-state index in [-0.39, 0.29) is 11.7 Å². The Hall–Kier alpha value is -1.17. The molecule has 4 nitrogen and oxygen atoms in total. The molecule has 0 aliphatic rings. The van der Waals surface area contributed by atoms with E-state index in [1.165, 1.54) is 6.07 Å². The predicted octanol–water partition coefficient (Wildman–Crippen LogP) is 2.89. The van der Waals surface area contributed by atoms with Crippen LogP contribution in [-0.4, -0.2) is 36.5 Å². The van der Waals surface area contributed by atoms with Gasteiger partial charge in [0.05, 0.1) is 36.7 Å². The maximum Gasteiger partial charge on any atom is 0.128 e. The lowest BCUT2D eigenvalue weighted by Crippen LogP contribution is -2.11. The van der Waals surface area contributed by atoms with Crippen molar-refractivity contribution in [1.29, 1.82) is 0 Å². The number of benzene rings is 1. The summed E-state index contributed by atoms with van der Waals surface area (Å²) >= 11 is 5.91. The smallest absolute Gasteiger partial charge is 0.128 e. The monoisotopic (exact) mass is 300 g/mol. The average molecular weight is 301 g/mol. The molecule has 0 bridgehead atoms. The lowest BCUT2D eigenvalue weighted by Gasteiger charge is -2.09. The molecule has 1 aromatic heterocycles. The van der Waals surface area contributed by atoms with Crippen molar-refractivity contribution in [2.75, 3.05) is 26.9 Å². The number of fused-ring (bicyclic) bond motifs is 1. The van der Waals surface area contributed by atoms with Crippen LogP contribution in [0.3, 0.4) is 0 Å². The SMILES string of the molecule is COCCOCCn1c(CCl)nc2cc(F)c(C)cc21. The van der Waals surface area contributed by atoms with Gasteiger partial charge in [-0.3, -0.25) is 0 Å². The molecule has 110 valence electrons. The number of ether oxygens (including phenoxy) is 2. The Kier molecular flexibility index (Phi) is 5.34. The van der Waals surface area contributed by atoms with E-state index in [1.807, 2.05) is 4.57 Å². The summed E-state index contributed by atoms with van der Waals surface area (Å²) in [5, 5.41) is 0. The third-order valence-electron chi connectivity index (χ3n) is 3.12. The molecule has 0 saturated carbocycles. The van der Waals surface area contributed by atoms with Gasteiger partial charge in [-0.05, 0) is 18.6 Å². The van der Waals surface area contributed by atoms with E-state index in [9.17, 15) is 4.39 Å². The van der Waals surface area contributed by atoms with Crippen molar-refractivity contribution >= 4 is 22.6 Å². The van der Waals surface area contributed by atoms with Gasteiger partial charge >= 0.3 is 0 Å². The molecule has 0 N–H and O–H groups in total. The van der Waals surface area contributed by atoms with Crippen molar-refractivity contribution in [3.05, 3.63) is 29.3 Å². The molecule has 0 radical (unpaired) electrons. The molecule has 0 aliphatic carbocycles. The predicted molar refractivity (Wildman–Crippen MR) is 76.7 cm³/mol. The molecule has 2 rings (SSSR count). The number of rotatable bonds is 7. The number of hydrogen-bond donors (Lipinski definition) is 0. The van der Waals surface area contributed by atoms with Crippen molar-refractivity contribution < 1.29 is 13.9 Å². The fraction of sp³-hybridized carbons (Fsp3) is 0.500. The van der Waals surface area contributed by atoms with Gasteiger partial charge < -0.3 is 14.0 Å². The summed E-state index contributed by atoms with van der Waals surface area (Å²) in [6.07, 6.45) is 0. The summed E-state index contributed by atoms with van der Waals surface area (Å²) in [5.74, 6) is 0.759. The third kappa shape index (κ3) is 3.29. The first-order valence-corrected chi connectivity index (χ1v) is 6.98. The number of methoxy groups -OCH3 is 1. The van der Waals surface area contributed by atoms with Crippen molar-refractivity contribution in [2.24, 2.45) is 0 Å². The lowest BCUT2D eigenvalue weighted by atomic mass is 10.2. The molecule has 0 fully saturated rings. The van der Waals surface area contributed by atoms with E-state index in [0.29, 0.717) is 37.4 Å². The van der Waals surface area contributed by atoms with Crippen LogP contribution in [0, 0.1) is 12.7 Å². The highest BCUT2D eigenvalue weighted by Gasteiger charge is 2.12. The summed E-state index contributed by atoms with van der Waals surface area (Å²) in [6.45, 7) is 4.02. The van der Waals surface area contributed by atoms with E-state index in [0.717, 1.165) is 11.3 Å². The van der Waals surface area contributed by atoms with Crippen molar-refractivity contribution in [3.8, 4) is 0 Å². The number of imidazole rings is 1. The average Bonchev–Trinajstić information content (AvgIpc) is 2.76. The van der Waals surface area contributed by atoms with Gasteiger partial charge in [0.2, 0.25) is 0 Å². The van der Waals surface area contributed by atoms with Crippen LogP contribution in [0.25, 0.3) is 11.0 Å². The second-order valence-corrected chi connectivity index (χ2v) is 4.78. The molecule has 1 heterocycles. The Morgan fingerprint density at radius 2 is 2.10 bits per heavy atom. The zero-order valence-electron chi connectivity index (χ0n) is 11.7. The fourth-order valence-electron chi connectivity index (χ4n) is 2.05. The number of halogens is 2. The van der Waals surface area contributed by atoms with Gasteiger partial charge in [-0.25, -0.2) is 9.37 Å². The van der Waals surface area contributed by atoms with Gasteiger partial charge in [0.25, 0.3) is 0 Å². The molecule has 0 amide bonds. The maximum absolute atomic E-state index is 13.6. The van der Waals surface area contributed by atoms with Gasteiger partial charge in [-0.2, -0.15) is 0 Å². The Morgan fingerprint density at radius 1 is 1.30 bits per heavy atom. The number of nitrogens with zero attached hydrogens (tertiary/aromatic N) is 2. The second-order valence-electron chi connectivity index (χ2n) is 4.51. The highest BCUT2D eigenvalue weighted by atomic mass is 35.5. The van der Waals surface area contributed by atoms with Gasteiger partial charge in [-0.15, -0.1) is 11.6 Å². The van der Waals surface area contributed by atoms with Crippen LogP contribution in [0.2, 0.25) is 0 Å². The molecule has 20 heavy (non-hydrogen) atoms. The first-order chi connectivity index (χ1) is 9.67. The first kappa shape index (κ1) is 15.2. The zero-order chi connectivity index (χ0) is 14.5. The number of aryl methyl sites for hydroxylation is 1. The normalized spacial score (nSPS) is 11.4. The molecule has 1 aromatic carbocycles. The summed E-state index contributed by atoms with van der Waals surface area (Å²) in [7, 11) is 1.63. The minimum absolute atomic E-state index is 0.250. The Bertz CT molecular complexity index is 586. The van der Waals surface area contributed by atoms with Crippen molar-refractivity contribution in [1.82, 2.24) is 9.55 Å². The Balaban J connectivity index is 2.19. The first-order valence-electron chi connectivity index (χ1n) is 6.45. The molecular weight excluding hydrogens is 283 g/mol. The minimum Gasteiger partial charge on any atom is -0.382 e. The number of alkyl halides is 1. The highest BCUT2D eigenvalue weighted by molar-refractivity contribution is 6.16. The van der Waals surface area contributed by atoms with Crippen LogP contribution in [0.4, 0.5) is 4.39 Å². The highest BCUT2D eigenvalue weighted by Crippen LogP contribution is 2.21. The quantitative estimate of drug-likeness (QED) is 0.583. The number of hydrogen-bond acceptors (Lipinski definition) is 3. The topological polar surface area (TPSA) is 36.3 Å². The second kappa shape index (κ2) is 7.02. The summed E-state index contributed by atoms with van der Waals surface area (Å²) in [6, 6.07) is 3.24. The molecular formula is C14H18ClFN2O2. The lowest BCUT2D eigenvalue weighted by molar-refractivity contribution is 0.0667. The van der Waals surface area contributed by atoms with Gasteiger partial charge in [-0.1, -0.05) is 0 Å². The summed E-state index contributed by atoms with van der Waals surface area (Å²) in [5.41, 5.74) is 2.11. The summed E-state index contributed by atoms with van der Waals surface area (Å²) in [4.78, 5) is 4.36. The molecule has 2 aromatic rings. The van der Waals surface area contributed by atoms with Crippen LogP contribution in [0.1, 0.15) is 11.4 Å². The van der Waals surface area contributed by atoms with Crippen molar-refractivity contribution in [2.45, 2.75) is 19.3 Å². The molecule has 0 spiro atoms. The van der Waals surface area contributed by atoms with Gasteiger partial charge in [0.1, 0.15) is 11.6 Å². The van der Waals surface area contributed by atoms with E-state index in [2.05, 4.69) is 4.98 Å². The third-order valence-corrected chi connectivity index (χ3v) is 3.36. The van der Waals surface area contributed by atoms with Crippen LogP contribution in [0.15, 0.2) is 12.1 Å². The van der Waals surface area contributed by atoms with Crippen LogP contribution >= 0.6 is 11.6 Å². The molecule has 0 unspecified atom stereocenters. The Morgan fingerprint density at radius 3 is 2.80 bits per heavy atom. The zero-order valence-corrected chi connectivity index (χ0v) is 12.4. The number of aromatic nitrogens is 2. The van der Waals surface area contributed by atoms with Crippen molar-refractivity contribution in [3.63, 3.8) is 0 Å². The van der Waals surface area contributed by atoms with Gasteiger partial charge in [0.15, 0.2) is 0 Å². The minimum atomic E-state index is -0.250. The largest absolute Gasteiger partial charge is 0.382 e. The molecule has 0 saturated heterocycles. The standard InChI is InChI=1S/C14H18ClFN2O2/c1-10-7-13-12(8-11(10)16)17-14(9-15)18(13)3-4-20-6-5-19-2/h7-8H,3-6,9H2,1-2H3. The Labute approximate surface area is 122 Å². The summed E-state index contributed by atoms with van der Waals surface area (Å²) < 4.78 is 25.9. The van der Waals surface area contributed by atoms with Crippen LogP contribution < -0.4 is 0 Å². The molecule has 0 aliphatic heterocycles. The van der Waals surface area contributed by atoms with E-state index in [4.69, 9.17) is 21.1 Å². The van der Waals surface area contributed by atoms with E-state index in [1.54, 1.807) is 20.1 Å². The van der Waals surface area contributed by atoms with Crippen LogP contribution in [0.5, 0.6) is 0 Å². The van der Waals surface area contributed by atoms with Gasteiger partial charge in [0, 0.05) is 19.7 Å². The van der Waals surface area contributed by atoms with E-state index >= 15 is 0 Å². The molecule has 0 atom stereocenters. The fourth-order valence-corrected chi connectivity index (χ4v) is 2.26.